The molecule has 0 unspecified atom stereocenters. The number of amides is 1. The largest absolute Gasteiger partial charge is 0.369 e. The van der Waals surface area contributed by atoms with E-state index >= 15 is 0 Å². The lowest BCUT2D eigenvalue weighted by atomic mass is 9.98. The molecule has 2 saturated heterocycles. The number of aryl methyl sites for hydroxylation is 1. The molecule has 7 heteroatoms. The van der Waals surface area contributed by atoms with Crippen molar-refractivity contribution in [3.8, 4) is 0 Å². The van der Waals surface area contributed by atoms with E-state index in [9.17, 15) is 4.79 Å². The highest BCUT2D eigenvalue weighted by atomic mass is 16.5. The minimum Gasteiger partial charge on any atom is -0.369 e. The van der Waals surface area contributed by atoms with Gasteiger partial charge in [-0.15, -0.1) is 0 Å². The summed E-state index contributed by atoms with van der Waals surface area (Å²) in [5.41, 5.74) is 0. The highest BCUT2D eigenvalue weighted by Crippen LogP contribution is 2.35. The summed E-state index contributed by atoms with van der Waals surface area (Å²) in [6.45, 7) is 6.59. The summed E-state index contributed by atoms with van der Waals surface area (Å²) in [4.78, 5) is 26.2. The van der Waals surface area contributed by atoms with Gasteiger partial charge in [0.25, 0.3) is 0 Å². The molecule has 2 atom stereocenters. The van der Waals surface area contributed by atoms with Crippen molar-refractivity contribution >= 4 is 11.7 Å². The fourth-order valence-corrected chi connectivity index (χ4v) is 3.87. The summed E-state index contributed by atoms with van der Waals surface area (Å²) in [7, 11) is 0. The summed E-state index contributed by atoms with van der Waals surface area (Å²) in [6.07, 6.45) is 6.08. The Bertz CT molecular complexity index is 739. The molecular weight excluding hydrogens is 330 g/mol. The number of carbonyl (C=O) groups excluding carboxylic acids is 1. The van der Waals surface area contributed by atoms with Gasteiger partial charge in [-0.25, -0.2) is 9.97 Å². The number of imidazole rings is 1. The van der Waals surface area contributed by atoms with Gasteiger partial charge in [-0.3, -0.25) is 4.79 Å². The molecule has 2 fully saturated rings. The molecule has 2 aliphatic heterocycles. The van der Waals surface area contributed by atoms with E-state index in [1.54, 1.807) is 6.20 Å². The number of ether oxygens (including phenoxy) is 1. The fourth-order valence-electron chi connectivity index (χ4n) is 3.87. The van der Waals surface area contributed by atoms with Crippen LogP contribution in [-0.4, -0.2) is 58.1 Å². The summed E-state index contributed by atoms with van der Waals surface area (Å²) in [5.74, 6) is 1.91. The number of nitrogens with zero attached hydrogens (tertiary/aromatic N) is 5. The van der Waals surface area contributed by atoms with Crippen LogP contribution in [0.3, 0.4) is 0 Å². The van der Waals surface area contributed by atoms with Crippen LogP contribution in [0.5, 0.6) is 0 Å². The van der Waals surface area contributed by atoms with E-state index in [4.69, 9.17) is 4.74 Å². The summed E-state index contributed by atoms with van der Waals surface area (Å²) in [5, 5.41) is 0. The van der Waals surface area contributed by atoms with Crippen LogP contribution in [0.15, 0.2) is 36.8 Å². The molecule has 4 heterocycles. The van der Waals surface area contributed by atoms with Crippen LogP contribution in [-0.2, 0) is 16.1 Å². The fraction of sp³-hybridized carbons (Fsp3) is 0.526. The zero-order chi connectivity index (χ0) is 17.9. The van der Waals surface area contributed by atoms with Crippen molar-refractivity contribution in [3.05, 3.63) is 42.6 Å². The molecule has 0 saturated carbocycles. The van der Waals surface area contributed by atoms with Crippen LogP contribution in [0.25, 0.3) is 0 Å². The van der Waals surface area contributed by atoms with Crippen LogP contribution in [0.1, 0.15) is 25.3 Å². The minimum absolute atomic E-state index is 0.135. The SMILES string of the molecule is CCn1ccnc1[C@@H]1OCC[C@H]1C(=O)N1CCN(c2ccccn2)CC1. The van der Waals surface area contributed by atoms with Crippen molar-refractivity contribution in [2.75, 3.05) is 37.7 Å². The molecule has 0 aromatic carbocycles. The highest BCUT2D eigenvalue weighted by Gasteiger charge is 2.40. The molecule has 0 spiro atoms. The first-order valence-electron chi connectivity index (χ1n) is 9.35. The van der Waals surface area contributed by atoms with Gasteiger partial charge in [-0.2, -0.15) is 0 Å². The van der Waals surface area contributed by atoms with Crippen LogP contribution >= 0.6 is 0 Å². The van der Waals surface area contributed by atoms with E-state index in [-0.39, 0.29) is 17.9 Å². The standard InChI is InChI=1S/C19H25N5O2/c1-2-22-9-8-21-18(22)17-15(6-14-26-17)19(25)24-12-10-23(11-13-24)16-5-3-4-7-20-16/h3-5,7-9,15,17H,2,6,10-14H2,1H3/t15-,17-/m1/s1. The normalized spacial score (nSPS) is 23.4. The van der Waals surface area contributed by atoms with E-state index in [1.807, 2.05) is 35.5 Å². The molecule has 1 amide bonds. The number of anilines is 1. The Morgan fingerprint density at radius 1 is 1.19 bits per heavy atom. The van der Waals surface area contributed by atoms with Gasteiger partial charge in [0, 0.05) is 57.9 Å². The number of hydrogen-bond acceptors (Lipinski definition) is 5. The van der Waals surface area contributed by atoms with Crippen molar-refractivity contribution in [3.63, 3.8) is 0 Å². The van der Waals surface area contributed by atoms with Gasteiger partial charge in [0.15, 0.2) is 0 Å². The summed E-state index contributed by atoms with van der Waals surface area (Å²) in [6, 6.07) is 5.93. The number of rotatable bonds is 4. The van der Waals surface area contributed by atoms with Crippen molar-refractivity contribution in [2.24, 2.45) is 5.92 Å². The zero-order valence-corrected chi connectivity index (χ0v) is 15.1. The first kappa shape index (κ1) is 17.0. The molecule has 0 aliphatic carbocycles. The molecule has 0 N–H and O–H groups in total. The van der Waals surface area contributed by atoms with E-state index < -0.39 is 0 Å². The molecule has 2 aromatic rings. The molecule has 138 valence electrons. The monoisotopic (exact) mass is 355 g/mol. The van der Waals surface area contributed by atoms with Gasteiger partial charge >= 0.3 is 0 Å². The maximum Gasteiger partial charge on any atom is 0.228 e. The topological polar surface area (TPSA) is 63.5 Å². The van der Waals surface area contributed by atoms with Gasteiger partial charge < -0.3 is 19.1 Å². The number of aromatic nitrogens is 3. The quantitative estimate of drug-likeness (QED) is 0.836. The lowest BCUT2D eigenvalue weighted by molar-refractivity contribution is -0.138. The second kappa shape index (κ2) is 7.45. The third kappa shape index (κ3) is 3.19. The smallest absolute Gasteiger partial charge is 0.228 e. The molecule has 26 heavy (non-hydrogen) atoms. The molecule has 4 rings (SSSR count). The van der Waals surface area contributed by atoms with Gasteiger partial charge in [0.05, 0.1) is 5.92 Å². The van der Waals surface area contributed by atoms with Crippen molar-refractivity contribution in [1.29, 1.82) is 0 Å². The van der Waals surface area contributed by atoms with E-state index in [2.05, 4.69) is 26.4 Å². The Kier molecular flexibility index (Phi) is 4.88. The molecule has 2 aliphatic rings. The molecular formula is C19H25N5O2. The molecule has 0 bridgehead atoms. The predicted molar refractivity (Wildman–Crippen MR) is 97.7 cm³/mol. The lowest BCUT2D eigenvalue weighted by Gasteiger charge is -2.37. The Labute approximate surface area is 153 Å². The maximum absolute atomic E-state index is 13.1. The average Bonchev–Trinajstić information content (AvgIpc) is 3.37. The maximum atomic E-state index is 13.1. The van der Waals surface area contributed by atoms with Crippen LogP contribution in [0, 0.1) is 5.92 Å². The van der Waals surface area contributed by atoms with Gasteiger partial charge in [0.2, 0.25) is 5.91 Å². The highest BCUT2D eigenvalue weighted by molar-refractivity contribution is 5.80. The first-order chi connectivity index (χ1) is 12.8. The van der Waals surface area contributed by atoms with Crippen LogP contribution in [0.2, 0.25) is 0 Å². The Hall–Kier alpha value is -2.41. The second-order valence-corrected chi connectivity index (χ2v) is 6.76. The Morgan fingerprint density at radius 2 is 2.04 bits per heavy atom. The van der Waals surface area contributed by atoms with E-state index in [0.717, 1.165) is 50.8 Å². The molecule has 2 aromatic heterocycles. The first-order valence-corrected chi connectivity index (χ1v) is 9.35. The predicted octanol–water partition coefficient (Wildman–Crippen LogP) is 1.72. The second-order valence-electron chi connectivity index (χ2n) is 6.76. The van der Waals surface area contributed by atoms with Crippen molar-refractivity contribution in [2.45, 2.75) is 26.0 Å². The van der Waals surface area contributed by atoms with Gasteiger partial charge in [0.1, 0.15) is 17.7 Å². The van der Waals surface area contributed by atoms with Gasteiger partial charge in [-0.05, 0) is 25.5 Å². The molecule has 0 radical (unpaired) electrons. The number of hydrogen-bond donors (Lipinski definition) is 0. The summed E-state index contributed by atoms with van der Waals surface area (Å²) >= 11 is 0. The Morgan fingerprint density at radius 3 is 2.77 bits per heavy atom. The minimum atomic E-state index is -0.230. The van der Waals surface area contributed by atoms with E-state index in [0.29, 0.717) is 6.61 Å². The van der Waals surface area contributed by atoms with Crippen molar-refractivity contribution < 1.29 is 9.53 Å². The van der Waals surface area contributed by atoms with Crippen LogP contribution < -0.4 is 4.90 Å². The number of piperazine rings is 1. The van der Waals surface area contributed by atoms with E-state index in [1.165, 1.54) is 0 Å². The van der Waals surface area contributed by atoms with Crippen LogP contribution in [0.4, 0.5) is 5.82 Å². The third-order valence-corrected chi connectivity index (χ3v) is 5.32. The Balaban J connectivity index is 1.41. The third-order valence-electron chi connectivity index (χ3n) is 5.32. The molecule has 7 nitrogen and oxygen atoms in total. The average molecular weight is 355 g/mol. The zero-order valence-electron chi connectivity index (χ0n) is 15.1. The van der Waals surface area contributed by atoms with Crippen molar-refractivity contribution in [1.82, 2.24) is 19.4 Å². The van der Waals surface area contributed by atoms with Gasteiger partial charge in [-0.1, -0.05) is 6.07 Å². The lowest BCUT2D eigenvalue weighted by Crippen LogP contribution is -2.51. The number of pyridine rings is 1. The number of carbonyl (C=O) groups is 1. The summed E-state index contributed by atoms with van der Waals surface area (Å²) < 4.78 is 7.97.